The Hall–Kier alpha value is -0.840. The van der Waals surface area contributed by atoms with Crippen molar-refractivity contribution >= 4 is 34.4 Å². The fourth-order valence-electron chi connectivity index (χ4n) is 2.36. The molecule has 0 aliphatic rings. The first-order valence-corrected chi connectivity index (χ1v) is 7.93. The maximum absolute atomic E-state index is 6.00. The first kappa shape index (κ1) is 16.5. The lowest BCUT2D eigenvalue weighted by molar-refractivity contribution is 0.142. The number of methoxy groups -OCH3 is 1. The molecule has 0 bridgehead atoms. The lowest BCUT2D eigenvalue weighted by atomic mass is 9.89. The molecule has 21 heavy (non-hydrogen) atoms. The van der Waals surface area contributed by atoms with Crippen LogP contribution in [0, 0.1) is 5.41 Å². The highest BCUT2D eigenvalue weighted by Crippen LogP contribution is 2.27. The summed E-state index contributed by atoms with van der Waals surface area (Å²) in [5, 5.41) is 0.600. The van der Waals surface area contributed by atoms with Crippen molar-refractivity contribution in [1.29, 1.82) is 0 Å². The zero-order chi connectivity index (χ0) is 15.5. The Morgan fingerprint density at radius 2 is 2.14 bits per heavy atom. The smallest absolute Gasteiger partial charge is 0.160 e. The molecule has 0 N–H and O–H groups in total. The van der Waals surface area contributed by atoms with E-state index in [4.69, 9.17) is 27.9 Å². The molecule has 0 aromatic carbocycles. The van der Waals surface area contributed by atoms with Crippen LogP contribution in [-0.4, -0.2) is 34.1 Å². The Bertz CT molecular complexity index is 610. The van der Waals surface area contributed by atoms with Gasteiger partial charge in [0.25, 0.3) is 0 Å². The van der Waals surface area contributed by atoms with Crippen LogP contribution in [0.15, 0.2) is 12.3 Å². The molecule has 6 heteroatoms. The first-order chi connectivity index (χ1) is 9.96. The van der Waals surface area contributed by atoms with Gasteiger partial charge >= 0.3 is 0 Å². The van der Waals surface area contributed by atoms with Crippen LogP contribution in [-0.2, 0) is 17.7 Å². The number of imidazole rings is 1. The fraction of sp³-hybridized carbons (Fsp3) is 0.600. The maximum atomic E-state index is 6.00. The fourth-order valence-corrected chi connectivity index (χ4v) is 2.68. The van der Waals surface area contributed by atoms with Crippen molar-refractivity contribution in [3.63, 3.8) is 0 Å². The lowest BCUT2D eigenvalue weighted by Crippen LogP contribution is -2.23. The van der Waals surface area contributed by atoms with Crippen LogP contribution in [0.1, 0.15) is 26.1 Å². The molecule has 0 unspecified atom stereocenters. The lowest BCUT2D eigenvalue weighted by Gasteiger charge is -2.25. The van der Waals surface area contributed by atoms with E-state index in [-0.39, 0.29) is 5.41 Å². The Balaban J connectivity index is 2.38. The van der Waals surface area contributed by atoms with Gasteiger partial charge in [0.1, 0.15) is 11.3 Å². The molecule has 4 nitrogen and oxygen atoms in total. The number of alkyl halides is 1. The zero-order valence-corrected chi connectivity index (χ0v) is 14.2. The van der Waals surface area contributed by atoms with Gasteiger partial charge < -0.3 is 9.30 Å². The second-order valence-electron chi connectivity index (χ2n) is 5.96. The van der Waals surface area contributed by atoms with E-state index in [0.717, 1.165) is 43.0 Å². The van der Waals surface area contributed by atoms with Crippen LogP contribution in [0.3, 0.4) is 0 Å². The molecule has 0 spiro atoms. The highest BCUT2D eigenvalue weighted by atomic mass is 35.5. The largest absolute Gasteiger partial charge is 0.385 e. The number of hydrogen-bond donors (Lipinski definition) is 0. The molecule has 2 aromatic rings. The normalized spacial score (nSPS) is 12.2. The first-order valence-electron chi connectivity index (χ1n) is 7.02. The third-order valence-corrected chi connectivity index (χ3v) is 3.91. The minimum atomic E-state index is 0.0893. The number of fused-ring (bicyclic) bond motifs is 1. The maximum Gasteiger partial charge on any atom is 0.160 e. The van der Waals surface area contributed by atoms with E-state index in [1.54, 1.807) is 13.3 Å². The molecular formula is C15H21Cl2N3O. The van der Waals surface area contributed by atoms with E-state index in [2.05, 4.69) is 28.4 Å². The minimum absolute atomic E-state index is 0.0893. The number of rotatable bonds is 7. The van der Waals surface area contributed by atoms with Crippen LogP contribution in [0.2, 0.25) is 5.02 Å². The second-order valence-corrected chi connectivity index (χ2v) is 6.77. The Labute approximate surface area is 135 Å². The highest BCUT2D eigenvalue weighted by Gasteiger charge is 2.22. The van der Waals surface area contributed by atoms with Crippen LogP contribution in [0.4, 0.5) is 0 Å². The average Bonchev–Trinajstić information content (AvgIpc) is 2.73. The monoisotopic (exact) mass is 329 g/mol. The van der Waals surface area contributed by atoms with Crippen LogP contribution in [0.25, 0.3) is 11.2 Å². The van der Waals surface area contributed by atoms with Gasteiger partial charge in [-0.1, -0.05) is 25.4 Å². The number of hydrogen-bond acceptors (Lipinski definition) is 3. The van der Waals surface area contributed by atoms with Crippen LogP contribution >= 0.6 is 23.2 Å². The van der Waals surface area contributed by atoms with Crippen LogP contribution in [0.5, 0.6) is 0 Å². The van der Waals surface area contributed by atoms with Gasteiger partial charge in [-0.05, 0) is 17.9 Å². The third-order valence-electron chi connectivity index (χ3n) is 3.52. The van der Waals surface area contributed by atoms with Crippen molar-refractivity contribution in [2.45, 2.75) is 33.2 Å². The van der Waals surface area contributed by atoms with E-state index in [0.29, 0.717) is 10.9 Å². The summed E-state index contributed by atoms with van der Waals surface area (Å²) in [5.74, 6) is 1.50. The van der Waals surface area contributed by atoms with Crippen molar-refractivity contribution in [3.05, 3.63) is 23.1 Å². The van der Waals surface area contributed by atoms with Crippen molar-refractivity contribution in [2.75, 3.05) is 19.6 Å². The number of pyridine rings is 1. The summed E-state index contributed by atoms with van der Waals surface area (Å²) in [6.07, 6.45) is 3.35. The quantitative estimate of drug-likeness (QED) is 0.722. The molecule has 0 fully saturated rings. The molecule has 2 rings (SSSR count). The summed E-state index contributed by atoms with van der Waals surface area (Å²) in [5.41, 5.74) is 1.78. The average molecular weight is 330 g/mol. The van der Waals surface area contributed by atoms with E-state index in [1.807, 2.05) is 6.07 Å². The zero-order valence-electron chi connectivity index (χ0n) is 12.7. The Morgan fingerprint density at radius 3 is 2.81 bits per heavy atom. The summed E-state index contributed by atoms with van der Waals surface area (Å²) in [7, 11) is 1.73. The number of aryl methyl sites for hydroxylation is 1. The minimum Gasteiger partial charge on any atom is -0.385 e. The van der Waals surface area contributed by atoms with Gasteiger partial charge in [-0.25, -0.2) is 9.97 Å². The van der Waals surface area contributed by atoms with Gasteiger partial charge in [-0.3, -0.25) is 0 Å². The predicted molar refractivity (Wildman–Crippen MR) is 87.2 cm³/mol. The predicted octanol–water partition coefficient (Wildman–Crippen LogP) is 3.93. The van der Waals surface area contributed by atoms with Gasteiger partial charge in [-0.2, -0.15) is 0 Å². The van der Waals surface area contributed by atoms with Gasteiger partial charge in [-0.15, -0.1) is 11.6 Å². The molecule has 2 aromatic heterocycles. The summed E-state index contributed by atoms with van der Waals surface area (Å²) in [6, 6.07) is 1.85. The summed E-state index contributed by atoms with van der Waals surface area (Å²) in [4.78, 5) is 9.07. The molecular weight excluding hydrogens is 309 g/mol. The molecule has 0 saturated carbocycles. The van der Waals surface area contributed by atoms with E-state index in [9.17, 15) is 0 Å². The van der Waals surface area contributed by atoms with Gasteiger partial charge in [0, 0.05) is 38.8 Å². The number of ether oxygens (including phenoxy) is 1. The molecule has 0 atom stereocenters. The molecule has 0 radical (unpaired) electrons. The van der Waals surface area contributed by atoms with Crippen molar-refractivity contribution in [2.24, 2.45) is 5.41 Å². The standard InChI is InChI=1S/C15H21Cl2N3O/c1-15(2,5-7-21-3)10-20-13(4-6-16)19-12-8-11(17)9-18-14(12)20/h8-9H,4-7,10H2,1-3H3. The van der Waals surface area contributed by atoms with Crippen LogP contribution < -0.4 is 0 Å². The Kier molecular flexibility index (Phi) is 5.47. The number of nitrogens with zero attached hydrogens (tertiary/aromatic N) is 3. The molecule has 2 heterocycles. The molecule has 0 saturated heterocycles. The molecule has 0 aliphatic carbocycles. The van der Waals surface area contributed by atoms with Gasteiger partial charge in [0.05, 0.1) is 5.02 Å². The van der Waals surface area contributed by atoms with Crippen molar-refractivity contribution < 1.29 is 4.74 Å². The molecule has 116 valence electrons. The van der Waals surface area contributed by atoms with Gasteiger partial charge in [0.15, 0.2) is 5.65 Å². The molecule has 0 aliphatic heterocycles. The number of aromatic nitrogens is 3. The topological polar surface area (TPSA) is 39.9 Å². The van der Waals surface area contributed by atoms with Crippen molar-refractivity contribution in [3.8, 4) is 0 Å². The van der Waals surface area contributed by atoms with E-state index < -0.39 is 0 Å². The summed E-state index contributed by atoms with van der Waals surface area (Å²) >= 11 is 11.9. The molecule has 0 amide bonds. The van der Waals surface area contributed by atoms with Crippen molar-refractivity contribution in [1.82, 2.24) is 14.5 Å². The SMILES string of the molecule is COCCC(C)(C)Cn1c(CCCl)nc2cc(Cl)cnc21. The van der Waals surface area contributed by atoms with Gasteiger partial charge in [0.2, 0.25) is 0 Å². The summed E-state index contributed by atoms with van der Waals surface area (Å²) in [6.45, 7) is 6.01. The summed E-state index contributed by atoms with van der Waals surface area (Å²) < 4.78 is 7.36. The van der Waals surface area contributed by atoms with E-state index >= 15 is 0 Å². The Morgan fingerprint density at radius 1 is 1.38 bits per heavy atom. The number of halogens is 2. The second kappa shape index (κ2) is 6.95. The van der Waals surface area contributed by atoms with E-state index in [1.165, 1.54) is 0 Å². The highest BCUT2D eigenvalue weighted by molar-refractivity contribution is 6.31. The third kappa shape index (κ3) is 4.09.